The van der Waals surface area contributed by atoms with Crippen molar-refractivity contribution in [2.45, 2.75) is 26.2 Å². The van der Waals surface area contributed by atoms with E-state index < -0.39 is 11.9 Å². The minimum atomic E-state index is -1.24. The van der Waals surface area contributed by atoms with Crippen molar-refractivity contribution in [1.82, 2.24) is 0 Å². The van der Waals surface area contributed by atoms with Gasteiger partial charge in [0.2, 0.25) is 0 Å². The summed E-state index contributed by atoms with van der Waals surface area (Å²) in [5, 5.41) is 21.0. The highest BCUT2D eigenvalue weighted by Gasteiger charge is 2.20. The Morgan fingerprint density at radius 3 is 2.46 bits per heavy atom. The third-order valence-corrected chi connectivity index (χ3v) is 3.67. The molecule has 0 aromatic heterocycles. The molecule has 0 heterocycles. The lowest BCUT2D eigenvalue weighted by Crippen LogP contribution is -2.18. The molecule has 2 aromatic carbocycles. The number of unbranched alkanes of at least 4 members (excludes halogenated alkanes) is 1. The van der Waals surface area contributed by atoms with Crippen LogP contribution in [0.4, 0.5) is 5.69 Å². The van der Waals surface area contributed by atoms with Crippen LogP contribution in [0.3, 0.4) is 0 Å². The SMILES string of the molecule is CCCCc1ccc(NC(=O)c2c(C#N)cccc2C(=O)O)cc1. The number of amides is 1. The number of carboxylic acids is 1. The summed E-state index contributed by atoms with van der Waals surface area (Å²) in [6.07, 6.45) is 3.19. The Kier molecular flexibility index (Phi) is 5.69. The molecule has 5 heteroatoms. The fraction of sp³-hybridized carbons (Fsp3) is 0.211. The van der Waals surface area contributed by atoms with Gasteiger partial charge in [-0.2, -0.15) is 5.26 Å². The first-order valence-corrected chi connectivity index (χ1v) is 7.73. The second-order valence-electron chi connectivity index (χ2n) is 5.40. The zero-order chi connectivity index (χ0) is 17.5. The fourth-order valence-corrected chi connectivity index (χ4v) is 2.40. The minimum absolute atomic E-state index is 0.0342. The number of hydrogen-bond donors (Lipinski definition) is 2. The number of benzene rings is 2. The van der Waals surface area contributed by atoms with Crippen LogP contribution in [-0.2, 0) is 6.42 Å². The summed E-state index contributed by atoms with van der Waals surface area (Å²) in [6.45, 7) is 2.13. The monoisotopic (exact) mass is 322 g/mol. The molecule has 0 spiro atoms. The molecular formula is C19H18N2O3. The van der Waals surface area contributed by atoms with Crippen LogP contribution >= 0.6 is 0 Å². The Bertz CT molecular complexity index is 789. The van der Waals surface area contributed by atoms with Gasteiger partial charge in [-0.05, 0) is 42.7 Å². The smallest absolute Gasteiger partial charge is 0.336 e. The first kappa shape index (κ1) is 17.2. The lowest BCUT2D eigenvalue weighted by atomic mass is 10.0. The molecule has 2 N–H and O–H groups in total. The maximum Gasteiger partial charge on any atom is 0.336 e. The van der Waals surface area contributed by atoms with Crippen molar-refractivity contribution in [3.8, 4) is 6.07 Å². The summed E-state index contributed by atoms with van der Waals surface area (Å²) < 4.78 is 0. The zero-order valence-corrected chi connectivity index (χ0v) is 13.4. The number of carbonyl (C=O) groups is 2. The van der Waals surface area contributed by atoms with Crippen molar-refractivity contribution in [3.05, 3.63) is 64.7 Å². The van der Waals surface area contributed by atoms with Crippen molar-refractivity contribution in [2.24, 2.45) is 0 Å². The number of nitrogens with zero attached hydrogens (tertiary/aromatic N) is 1. The van der Waals surface area contributed by atoms with Crippen LogP contribution in [0.2, 0.25) is 0 Å². The molecular weight excluding hydrogens is 304 g/mol. The summed E-state index contributed by atoms with van der Waals surface area (Å²) in [6, 6.07) is 13.5. The molecule has 2 aromatic rings. The average Bonchev–Trinajstić information content (AvgIpc) is 2.60. The van der Waals surface area contributed by atoms with E-state index in [0.717, 1.165) is 19.3 Å². The predicted octanol–water partition coefficient (Wildman–Crippen LogP) is 3.85. The highest BCUT2D eigenvalue weighted by Crippen LogP contribution is 2.18. The van der Waals surface area contributed by atoms with Crippen molar-refractivity contribution >= 4 is 17.6 Å². The zero-order valence-electron chi connectivity index (χ0n) is 13.4. The Balaban J connectivity index is 2.24. The Morgan fingerprint density at radius 1 is 1.17 bits per heavy atom. The fourth-order valence-electron chi connectivity index (χ4n) is 2.40. The van der Waals surface area contributed by atoms with Gasteiger partial charge < -0.3 is 10.4 Å². The molecule has 0 aliphatic rings. The second kappa shape index (κ2) is 7.93. The first-order chi connectivity index (χ1) is 11.6. The van der Waals surface area contributed by atoms with Gasteiger partial charge in [-0.3, -0.25) is 4.79 Å². The molecule has 0 unspecified atom stereocenters. The molecule has 122 valence electrons. The molecule has 1 amide bonds. The lowest BCUT2D eigenvalue weighted by Gasteiger charge is -2.10. The van der Waals surface area contributed by atoms with Gasteiger partial charge in [-0.25, -0.2) is 4.79 Å². The van der Waals surface area contributed by atoms with Crippen LogP contribution in [0.1, 0.15) is 51.6 Å². The van der Waals surface area contributed by atoms with E-state index in [1.54, 1.807) is 12.1 Å². The topological polar surface area (TPSA) is 90.2 Å². The largest absolute Gasteiger partial charge is 0.478 e. The summed E-state index contributed by atoms with van der Waals surface area (Å²) >= 11 is 0. The molecule has 0 saturated carbocycles. The lowest BCUT2D eigenvalue weighted by molar-refractivity contribution is 0.0692. The molecule has 24 heavy (non-hydrogen) atoms. The van der Waals surface area contributed by atoms with Gasteiger partial charge in [-0.1, -0.05) is 31.5 Å². The highest BCUT2D eigenvalue weighted by molar-refractivity contribution is 6.12. The van der Waals surface area contributed by atoms with E-state index in [2.05, 4.69) is 12.2 Å². The van der Waals surface area contributed by atoms with E-state index in [1.807, 2.05) is 18.2 Å². The van der Waals surface area contributed by atoms with Crippen LogP contribution in [0.5, 0.6) is 0 Å². The van der Waals surface area contributed by atoms with E-state index in [0.29, 0.717) is 5.69 Å². The molecule has 0 bridgehead atoms. The third-order valence-electron chi connectivity index (χ3n) is 3.67. The maximum atomic E-state index is 12.5. The van der Waals surface area contributed by atoms with Crippen LogP contribution in [-0.4, -0.2) is 17.0 Å². The van der Waals surface area contributed by atoms with E-state index in [9.17, 15) is 14.7 Å². The number of aryl methyl sites for hydroxylation is 1. The summed E-state index contributed by atoms with van der Waals surface area (Å²) in [5.74, 6) is -1.85. The van der Waals surface area contributed by atoms with Crippen molar-refractivity contribution in [2.75, 3.05) is 5.32 Å². The average molecular weight is 322 g/mol. The van der Waals surface area contributed by atoms with Gasteiger partial charge >= 0.3 is 5.97 Å². The molecule has 0 aliphatic carbocycles. The van der Waals surface area contributed by atoms with E-state index in [-0.39, 0.29) is 16.7 Å². The third kappa shape index (κ3) is 3.99. The Morgan fingerprint density at radius 2 is 1.88 bits per heavy atom. The van der Waals surface area contributed by atoms with Gasteiger partial charge in [0.15, 0.2) is 0 Å². The van der Waals surface area contributed by atoms with Crippen molar-refractivity contribution in [3.63, 3.8) is 0 Å². The van der Waals surface area contributed by atoms with Crippen LogP contribution in [0, 0.1) is 11.3 Å². The van der Waals surface area contributed by atoms with Crippen molar-refractivity contribution < 1.29 is 14.7 Å². The van der Waals surface area contributed by atoms with Crippen LogP contribution < -0.4 is 5.32 Å². The van der Waals surface area contributed by atoms with Gasteiger partial charge in [-0.15, -0.1) is 0 Å². The Labute approximate surface area is 140 Å². The second-order valence-corrected chi connectivity index (χ2v) is 5.40. The maximum absolute atomic E-state index is 12.5. The predicted molar refractivity (Wildman–Crippen MR) is 91.1 cm³/mol. The van der Waals surface area contributed by atoms with Gasteiger partial charge in [0.1, 0.15) is 0 Å². The number of nitriles is 1. The van der Waals surface area contributed by atoms with E-state index >= 15 is 0 Å². The number of carboxylic acid groups (broad SMARTS) is 1. The molecule has 0 fully saturated rings. The minimum Gasteiger partial charge on any atom is -0.478 e. The number of rotatable bonds is 6. The van der Waals surface area contributed by atoms with E-state index in [4.69, 9.17) is 5.26 Å². The molecule has 0 atom stereocenters. The Hall–Kier alpha value is -3.13. The van der Waals surface area contributed by atoms with Crippen molar-refractivity contribution in [1.29, 1.82) is 5.26 Å². The number of carbonyl (C=O) groups excluding carboxylic acids is 1. The summed E-state index contributed by atoms with van der Waals surface area (Å²) in [4.78, 5) is 23.8. The number of hydrogen-bond acceptors (Lipinski definition) is 3. The molecule has 0 aliphatic heterocycles. The van der Waals surface area contributed by atoms with Crippen LogP contribution in [0.25, 0.3) is 0 Å². The molecule has 0 saturated heterocycles. The van der Waals surface area contributed by atoms with Gasteiger partial charge in [0, 0.05) is 5.69 Å². The van der Waals surface area contributed by atoms with Gasteiger partial charge in [0.05, 0.1) is 22.8 Å². The number of nitrogens with one attached hydrogen (secondary N) is 1. The summed E-state index contributed by atoms with van der Waals surface area (Å²) in [7, 11) is 0. The van der Waals surface area contributed by atoms with E-state index in [1.165, 1.54) is 23.8 Å². The highest BCUT2D eigenvalue weighted by atomic mass is 16.4. The number of anilines is 1. The normalized spacial score (nSPS) is 10.0. The molecule has 2 rings (SSSR count). The van der Waals surface area contributed by atoms with Crippen LogP contribution in [0.15, 0.2) is 42.5 Å². The quantitative estimate of drug-likeness (QED) is 0.845. The molecule has 0 radical (unpaired) electrons. The first-order valence-electron chi connectivity index (χ1n) is 7.73. The van der Waals surface area contributed by atoms with Gasteiger partial charge in [0.25, 0.3) is 5.91 Å². The summed E-state index contributed by atoms with van der Waals surface area (Å²) in [5.41, 5.74) is 1.46. The number of aromatic carboxylic acids is 1. The molecule has 5 nitrogen and oxygen atoms in total. The standard InChI is InChI=1S/C19H18N2O3/c1-2-3-5-13-8-10-15(11-9-13)21-18(22)17-14(12-20)6-4-7-16(17)19(23)24/h4,6-11H,2-3,5H2,1H3,(H,21,22)(H,23,24).